The van der Waals surface area contributed by atoms with E-state index in [1.807, 2.05) is 0 Å². The fourth-order valence-electron chi connectivity index (χ4n) is 2.61. The third-order valence-electron chi connectivity index (χ3n) is 3.84. The zero-order valence-corrected chi connectivity index (χ0v) is 13.9. The number of hydrogen-bond donors (Lipinski definition) is 1. The normalized spacial score (nSPS) is 15.5. The zero-order chi connectivity index (χ0) is 17.4. The number of carbonyl (C=O) groups excluding carboxylic acids is 3. The van der Waals surface area contributed by atoms with Crippen molar-refractivity contribution in [2.45, 2.75) is 20.0 Å². The molecule has 0 bridgehead atoms. The first-order valence-corrected chi connectivity index (χ1v) is 8.19. The predicted molar refractivity (Wildman–Crippen MR) is 86.5 cm³/mol. The van der Waals surface area contributed by atoms with Crippen LogP contribution in [0, 0.1) is 12.7 Å². The SMILES string of the molecule is Cc1c(C(=O)OC(C)C(=O)N2CCNC2=O)sc2cccc(F)c12. The van der Waals surface area contributed by atoms with E-state index in [0.717, 1.165) is 16.2 Å². The Hall–Kier alpha value is -2.48. The van der Waals surface area contributed by atoms with Gasteiger partial charge in [-0.1, -0.05) is 6.07 Å². The maximum Gasteiger partial charge on any atom is 0.349 e. The summed E-state index contributed by atoms with van der Waals surface area (Å²) in [6.45, 7) is 3.67. The molecule has 1 aromatic heterocycles. The molecule has 1 unspecified atom stereocenters. The molecular weight excluding hydrogens is 335 g/mol. The number of fused-ring (bicyclic) bond motifs is 1. The minimum Gasteiger partial charge on any atom is -0.448 e. The van der Waals surface area contributed by atoms with Gasteiger partial charge >= 0.3 is 12.0 Å². The number of benzene rings is 1. The summed E-state index contributed by atoms with van der Waals surface area (Å²) in [6, 6.07) is 4.12. The highest BCUT2D eigenvalue weighted by Gasteiger charge is 2.32. The summed E-state index contributed by atoms with van der Waals surface area (Å²) < 4.78 is 19.7. The molecule has 3 rings (SSSR count). The standard InChI is InChI=1S/C16H15FN2O4S/c1-8-12-10(17)4-3-5-11(12)24-13(8)15(21)23-9(2)14(20)19-7-6-18-16(19)22/h3-5,9H,6-7H2,1-2H3,(H,18,22). The summed E-state index contributed by atoms with van der Waals surface area (Å²) in [5.74, 6) is -1.69. The summed E-state index contributed by atoms with van der Waals surface area (Å²) in [6.07, 6.45) is -1.10. The van der Waals surface area contributed by atoms with Gasteiger partial charge in [0.15, 0.2) is 6.10 Å². The van der Waals surface area contributed by atoms with Crippen LogP contribution in [0.25, 0.3) is 10.1 Å². The van der Waals surface area contributed by atoms with E-state index in [-0.39, 0.29) is 11.4 Å². The van der Waals surface area contributed by atoms with Crippen LogP contribution in [-0.2, 0) is 9.53 Å². The van der Waals surface area contributed by atoms with E-state index in [2.05, 4.69) is 5.32 Å². The fourth-order valence-corrected chi connectivity index (χ4v) is 3.72. The number of esters is 1. The van der Waals surface area contributed by atoms with E-state index < -0.39 is 29.8 Å². The van der Waals surface area contributed by atoms with E-state index in [9.17, 15) is 18.8 Å². The Labute approximate surface area is 141 Å². The van der Waals surface area contributed by atoms with Crippen molar-refractivity contribution in [3.63, 3.8) is 0 Å². The Kier molecular flexibility index (Phi) is 4.23. The third-order valence-corrected chi connectivity index (χ3v) is 5.08. The molecule has 0 aliphatic carbocycles. The first-order chi connectivity index (χ1) is 11.4. The van der Waals surface area contributed by atoms with Gasteiger partial charge in [-0.15, -0.1) is 11.3 Å². The van der Waals surface area contributed by atoms with Crippen LogP contribution < -0.4 is 5.32 Å². The second-order valence-electron chi connectivity index (χ2n) is 5.44. The van der Waals surface area contributed by atoms with Gasteiger partial charge in [-0.2, -0.15) is 0 Å². The van der Waals surface area contributed by atoms with Crippen molar-refractivity contribution in [1.82, 2.24) is 10.2 Å². The molecule has 1 atom stereocenters. The summed E-state index contributed by atoms with van der Waals surface area (Å²) in [5, 5.41) is 2.89. The number of rotatable bonds is 3. The number of carbonyl (C=O) groups is 3. The summed E-state index contributed by atoms with van der Waals surface area (Å²) in [7, 11) is 0. The van der Waals surface area contributed by atoms with Crippen molar-refractivity contribution in [3.8, 4) is 0 Å². The molecule has 24 heavy (non-hydrogen) atoms. The molecule has 1 fully saturated rings. The smallest absolute Gasteiger partial charge is 0.349 e. The topological polar surface area (TPSA) is 75.7 Å². The van der Waals surface area contributed by atoms with E-state index in [0.29, 0.717) is 22.2 Å². The molecule has 0 saturated carbocycles. The molecular formula is C16H15FN2O4S. The third kappa shape index (κ3) is 2.73. The Morgan fingerprint density at radius 2 is 2.17 bits per heavy atom. The Morgan fingerprint density at radius 3 is 2.79 bits per heavy atom. The number of urea groups is 1. The lowest BCUT2D eigenvalue weighted by Crippen LogP contribution is -2.41. The zero-order valence-electron chi connectivity index (χ0n) is 13.1. The quantitative estimate of drug-likeness (QED) is 0.863. The van der Waals surface area contributed by atoms with Crippen LogP contribution in [0.15, 0.2) is 18.2 Å². The van der Waals surface area contributed by atoms with Crippen molar-refractivity contribution in [2.24, 2.45) is 0 Å². The first-order valence-electron chi connectivity index (χ1n) is 7.38. The number of nitrogens with zero attached hydrogens (tertiary/aromatic N) is 1. The molecule has 126 valence electrons. The molecule has 1 aliphatic rings. The summed E-state index contributed by atoms with van der Waals surface area (Å²) in [4.78, 5) is 37.3. The first kappa shape index (κ1) is 16.4. The predicted octanol–water partition coefficient (Wildman–Crippen LogP) is 2.45. The molecule has 3 amide bonds. The Morgan fingerprint density at radius 1 is 1.42 bits per heavy atom. The summed E-state index contributed by atoms with van der Waals surface area (Å²) in [5.41, 5.74) is 0.483. The Bertz CT molecular complexity index is 848. The van der Waals surface area contributed by atoms with Gasteiger partial charge in [-0.25, -0.2) is 14.0 Å². The average Bonchev–Trinajstić information content (AvgIpc) is 3.11. The Balaban J connectivity index is 1.80. The second-order valence-corrected chi connectivity index (χ2v) is 6.49. The van der Waals surface area contributed by atoms with Gasteiger partial charge in [0.05, 0.1) is 0 Å². The highest BCUT2D eigenvalue weighted by molar-refractivity contribution is 7.21. The number of hydrogen-bond acceptors (Lipinski definition) is 5. The highest BCUT2D eigenvalue weighted by atomic mass is 32.1. The van der Waals surface area contributed by atoms with Crippen molar-refractivity contribution < 1.29 is 23.5 Å². The van der Waals surface area contributed by atoms with Crippen LogP contribution in [0.2, 0.25) is 0 Å². The lowest BCUT2D eigenvalue weighted by atomic mass is 10.1. The summed E-state index contributed by atoms with van der Waals surface area (Å²) >= 11 is 1.11. The van der Waals surface area contributed by atoms with Gasteiger partial charge < -0.3 is 10.1 Å². The molecule has 2 heterocycles. The molecule has 8 heteroatoms. The monoisotopic (exact) mass is 350 g/mol. The van der Waals surface area contributed by atoms with Crippen molar-refractivity contribution >= 4 is 39.3 Å². The lowest BCUT2D eigenvalue weighted by Gasteiger charge is -2.17. The number of nitrogens with one attached hydrogen (secondary N) is 1. The molecule has 1 N–H and O–H groups in total. The van der Waals surface area contributed by atoms with E-state index in [1.54, 1.807) is 19.1 Å². The van der Waals surface area contributed by atoms with Gasteiger partial charge in [0.1, 0.15) is 10.7 Å². The van der Waals surface area contributed by atoms with E-state index in [4.69, 9.17) is 4.74 Å². The maximum absolute atomic E-state index is 13.9. The molecule has 6 nitrogen and oxygen atoms in total. The average molecular weight is 350 g/mol. The lowest BCUT2D eigenvalue weighted by molar-refractivity contribution is -0.136. The number of imide groups is 1. The van der Waals surface area contributed by atoms with Gasteiger partial charge in [0.2, 0.25) is 0 Å². The van der Waals surface area contributed by atoms with Crippen LogP contribution in [0.1, 0.15) is 22.2 Å². The number of aryl methyl sites for hydroxylation is 1. The van der Waals surface area contributed by atoms with E-state index >= 15 is 0 Å². The van der Waals surface area contributed by atoms with Crippen LogP contribution in [0.3, 0.4) is 0 Å². The molecule has 1 aromatic carbocycles. The minimum absolute atomic E-state index is 0.243. The largest absolute Gasteiger partial charge is 0.448 e. The minimum atomic E-state index is -1.10. The van der Waals surface area contributed by atoms with Crippen molar-refractivity contribution in [2.75, 3.05) is 13.1 Å². The molecule has 1 saturated heterocycles. The molecule has 1 aliphatic heterocycles. The fraction of sp³-hybridized carbons (Fsp3) is 0.312. The number of ether oxygens (including phenoxy) is 1. The van der Waals surface area contributed by atoms with Gasteiger partial charge in [0, 0.05) is 23.2 Å². The highest BCUT2D eigenvalue weighted by Crippen LogP contribution is 2.33. The van der Waals surface area contributed by atoms with Gasteiger partial charge in [-0.3, -0.25) is 9.69 Å². The maximum atomic E-state index is 13.9. The van der Waals surface area contributed by atoms with Crippen molar-refractivity contribution in [1.29, 1.82) is 0 Å². The van der Waals surface area contributed by atoms with Gasteiger partial charge in [-0.05, 0) is 31.5 Å². The van der Waals surface area contributed by atoms with Crippen LogP contribution in [-0.4, -0.2) is 42.0 Å². The molecule has 0 radical (unpaired) electrons. The number of thiophene rings is 1. The van der Waals surface area contributed by atoms with E-state index in [1.165, 1.54) is 13.0 Å². The van der Waals surface area contributed by atoms with Crippen LogP contribution in [0.4, 0.5) is 9.18 Å². The van der Waals surface area contributed by atoms with Gasteiger partial charge in [0.25, 0.3) is 5.91 Å². The number of amides is 3. The van der Waals surface area contributed by atoms with Crippen LogP contribution >= 0.6 is 11.3 Å². The number of halogens is 1. The van der Waals surface area contributed by atoms with Crippen molar-refractivity contribution in [3.05, 3.63) is 34.5 Å². The second kappa shape index (κ2) is 6.20. The van der Waals surface area contributed by atoms with Crippen LogP contribution in [0.5, 0.6) is 0 Å². The molecule has 0 spiro atoms. The molecule has 2 aromatic rings.